The highest BCUT2D eigenvalue weighted by atomic mass is 16.4. The first-order valence-corrected chi connectivity index (χ1v) is 4.52. The molecule has 0 amide bonds. The molecule has 1 unspecified atom stereocenters. The Kier molecular flexibility index (Phi) is 168. The van der Waals surface area contributed by atoms with Crippen molar-refractivity contribution in [2.45, 2.75) is 13.0 Å². The Morgan fingerprint density at radius 1 is 0.625 bits per heavy atom. The maximum atomic E-state index is 9.45. The van der Waals surface area contributed by atoms with Crippen molar-refractivity contribution in [3.63, 3.8) is 0 Å². The van der Waals surface area contributed by atoms with Crippen molar-refractivity contribution >= 4 is 44.8 Å². The lowest BCUT2D eigenvalue weighted by Crippen LogP contribution is -2.13. The number of aliphatic carboxylic acids is 1. The summed E-state index contributed by atoms with van der Waals surface area (Å²) in [6.45, 7) is -0.303. The highest BCUT2D eigenvalue weighted by Gasteiger charge is 2.01. The molecule has 0 aromatic heterocycles. The van der Waals surface area contributed by atoms with E-state index >= 15 is 0 Å². The summed E-state index contributed by atoms with van der Waals surface area (Å²) in [4.78, 5) is 59.6. The number of hydrogen-bond donors (Lipinski definition) is 8. The van der Waals surface area contributed by atoms with Gasteiger partial charge in [0.05, 0.1) is 0 Å². The fourth-order valence-corrected chi connectivity index (χ4v) is 0. The molecule has 0 heterocycles. The van der Waals surface area contributed by atoms with Gasteiger partial charge in [0.25, 0.3) is 38.8 Å². The van der Waals surface area contributed by atoms with E-state index in [0.29, 0.717) is 0 Å². The van der Waals surface area contributed by atoms with E-state index < -0.39 is 12.1 Å². The fraction of sp³-hybridized carbons (Fsp3) is 0.222. The summed E-state index contributed by atoms with van der Waals surface area (Å²) in [7, 11) is 0. The zero-order valence-corrected chi connectivity index (χ0v) is 12.0. The Hall–Kier alpha value is -3.75. The van der Waals surface area contributed by atoms with Crippen molar-refractivity contribution in [1.29, 1.82) is 0 Å². The maximum absolute atomic E-state index is 9.45. The molecule has 0 fully saturated rings. The van der Waals surface area contributed by atoms with Gasteiger partial charge in [0.2, 0.25) is 0 Å². The summed E-state index contributed by atoms with van der Waals surface area (Å²) in [5.41, 5.74) is 0. The van der Waals surface area contributed by atoms with Gasteiger partial charge in [-0.1, -0.05) is 0 Å². The first-order valence-electron chi connectivity index (χ1n) is 4.52. The third kappa shape index (κ3) is 86900. The van der Waals surface area contributed by atoms with Crippen molar-refractivity contribution in [3.05, 3.63) is 0 Å². The van der Waals surface area contributed by atoms with Gasteiger partial charge in [-0.25, -0.2) is 4.79 Å². The molecule has 0 aliphatic heterocycles. The van der Waals surface area contributed by atoms with Crippen LogP contribution in [-0.2, 0) is 33.6 Å². The number of rotatable bonds is 1. The number of carboxylic acid groups (broad SMARTS) is 7. The molecule has 1 atom stereocenters. The van der Waals surface area contributed by atoms with E-state index in [0.717, 1.165) is 0 Å². The molecule has 0 aliphatic carbocycles. The molecule has 0 radical (unpaired) electrons. The van der Waals surface area contributed by atoms with E-state index in [4.69, 9.17) is 69.6 Å². The number of aliphatic hydroxyl groups excluding tert-OH is 1. The number of hydrogen-bond acceptors (Lipinski definition) is 8. The van der Waals surface area contributed by atoms with Gasteiger partial charge >= 0.3 is 5.97 Å². The Morgan fingerprint density at radius 2 is 0.667 bits per heavy atom. The Bertz CT molecular complexity index is 215. The third-order valence-corrected chi connectivity index (χ3v) is 0.357. The summed E-state index contributed by atoms with van der Waals surface area (Å²) in [6.07, 6.45) is -1.23. The van der Waals surface area contributed by atoms with E-state index in [-0.39, 0.29) is 38.8 Å². The molecule has 15 nitrogen and oxygen atoms in total. The highest BCUT2D eigenvalue weighted by molar-refractivity contribution is 5.71. The largest absolute Gasteiger partial charge is 0.483 e. The van der Waals surface area contributed by atoms with Crippen molar-refractivity contribution < 1.29 is 74.4 Å². The van der Waals surface area contributed by atoms with E-state index in [2.05, 4.69) is 0 Å². The molecule has 24 heavy (non-hydrogen) atoms. The van der Waals surface area contributed by atoms with Crippen LogP contribution in [0.1, 0.15) is 6.92 Å². The predicted octanol–water partition coefficient (Wildman–Crippen LogP) is -2.34. The fourth-order valence-electron chi connectivity index (χ4n) is 0. The minimum Gasteiger partial charge on any atom is -0.483 e. The zero-order chi connectivity index (χ0) is 21.4. The first kappa shape index (κ1) is 42.7. The lowest BCUT2D eigenvalue weighted by atomic mass is 10.4. The van der Waals surface area contributed by atoms with Crippen LogP contribution in [-0.4, -0.2) is 91.8 Å². The van der Waals surface area contributed by atoms with Crippen molar-refractivity contribution in [2.24, 2.45) is 0 Å². The molecule has 0 saturated carbocycles. The van der Waals surface area contributed by atoms with Crippen LogP contribution in [0.15, 0.2) is 0 Å². The first-order chi connectivity index (χ1) is 11.1. The van der Waals surface area contributed by atoms with Gasteiger partial charge in [0.1, 0.15) is 6.10 Å². The average Bonchev–Trinajstić information content (AvgIpc) is 2.43. The molecule has 144 valence electrons. The number of carbonyl (C=O) groups is 7. The SMILES string of the molecule is CC(O)C(=O)O.O=CO.O=CO.O=CO.O=CO.O=CO.O=CO. The molecular formula is C9H18O15. The standard InChI is InChI=1S/C3H6O3.6CH2O2/c1-2(4)3(5)6;6*2-1-3/h2,4H,1H3,(H,5,6);6*1H,(H,2,3). The minimum absolute atomic E-state index is 0.250. The van der Waals surface area contributed by atoms with Crippen molar-refractivity contribution in [1.82, 2.24) is 0 Å². The zero-order valence-electron chi connectivity index (χ0n) is 12.0. The summed E-state index contributed by atoms with van der Waals surface area (Å²) >= 11 is 0. The molecule has 0 saturated heterocycles. The molecular weight excluding hydrogens is 348 g/mol. The van der Waals surface area contributed by atoms with Crippen LogP contribution in [0, 0.1) is 0 Å². The van der Waals surface area contributed by atoms with Crippen LogP contribution in [0.5, 0.6) is 0 Å². The molecule has 0 spiro atoms. The molecule has 8 N–H and O–H groups in total. The number of aliphatic hydroxyl groups is 1. The highest BCUT2D eigenvalue weighted by Crippen LogP contribution is 1.73. The van der Waals surface area contributed by atoms with E-state index in [1.165, 1.54) is 6.92 Å². The molecule has 0 aromatic carbocycles. The Morgan fingerprint density at radius 3 is 0.667 bits per heavy atom. The topological polar surface area (TPSA) is 281 Å². The summed E-state index contributed by atoms with van der Waals surface area (Å²) in [6, 6.07) is 0. The smallest absolute Gasteiger partial charge is 0.332 e. The van der Waals surface area contributed by atoms with Crippen LogP contribution >= 0.6 is 0 Å². The second-order valence-corrected chi connectivity index (χ2v) is 1.65. The van der Waals surface area contributed by atoms with Gasteiger partial charge in [-0.05, 0) is 6.92 Å². The van der Waals surface area contributed by atoms with E-state index in [1.54, 1.807) is 0 Å². The van der Waals surface area contributed by atoms with E-state index in [1.807, 2.05) is 0 Å². The van der Waals surface area contributed by atoms with Gasteiger partial charge in [-0.15, -0.1) is 0 Å². The van der Waals surface area contributed by atoms with Crippen LogP contribution in [0.3, 0.4) is 0 Å². The van der Waals surface area contributed by atoms with Gasteiger partial charge < -0.3 is 40.9 Å². The van der Waals surface area contributed by atoms with Crippen LogP contribution in [0.2, 0.25) is 0 Å². The molecule has 0 aliphatic rings. The average molecular weight is 366 g/mol. The monoisotopic (exact) mass is 366 g/mol. The van der Waals surface area contributed by atoms with Gasteiger partial charge in [0, 0.05) is 0 Å². The lowest BCUT2D eigenvalue weighted by molar-refractivity contribution is -0.145. The predicted molar refractivity (Wildman–Crippen MR) is 71.5 cm³/mol. The van der Waals surface area contributed by atoms with Gasteiger partial charge in [0.15, 0.2) is 0 Å². The lowest BCUT2D eigenvalue weighted by Gasteiger charge is -1.89. The second-order valence-electron chi connectivity index (χ2n) is 1.65. The van der Waals surface area contributed by atoms with E-state index in [9.17, 15) is 4.79 Å². The third-order valence-electron chi connectivity index (χ3n) is 0.357. The molecule has 0 aromatic rings. The Balaban J connectivity index is -0.0000000289. The summed E-state index contributed by atoms with van der Waals surface area (Å²) in [5, 5.41) is 57.1. The van der Waals surface area contributed by atoms with Crippen molar-refractivity contribution in [2.75, 3.05) is 0 Å². The second kappa shape index (κ2) is 94.2. The number of carboxylic acids is 1. The normalized spacial score (nSPS) is 6.42. The molecule has 15 heteroatoms. The van der Waals surface area contributed by atoms with Gasteiger partial charge in [-0.3, -0.25) is 28.8 Å². The van der Waals surface area contributed by atoms with Crippen molar-refractivity contribution in [3.8, 4) is 0 Å². The quantitative estimate of drug-likeness (QED) is 0.225. The summed E-state index contributed by atoms with van der Waals surface area (Å²) < 4.78 is 0. The molecule has 0 bridgehead atoms. The van der Waals surface area contributed by atoms with Crippen LogP contribution < -0.4 is 0 Å². The van der Waals surface area contributed by atoms with Gasteiger partial charge in [-0.2, -0.15) is 0 Å². The maximum Gasteiger partial charge on any atom is 0.332 e. The summed E-state index contributed by atoms with van der Waals surface area (Å²) in [5.74, 6) is -1.19. The van der Waals surface area contributed by atoms with Crippen LogP contribution in [0.4, 0.5) is 0 Å². The molecule has 0 rings (SSSR count). The van der Waals surface area contributed by atoms with Crippen LogP contribution in [0.25, 0.3) is 0 Å². The Labute approximate surface area is 133 Å². The minimum atomic E-state index is -1.23.